The molecule has 0 aromatic heterocycles. The predicted octanol–water partition coefficient (Wildman–Crippen LogP) is 0.727. The first-order chi connectivity index (χ1) is 33.2. The summed E-state index contributed by atoms with van der Waals surface area (Å²) < 4.78 is 87.4. The van der Waals surface area contributed by atoms with Crippen molar-refractivity contribution >= 4 is 23.7 Å². The number of nitrogens with one attached hydrogen (secondary N) is 3. The number of urea groups is 1. The third-order valence-corrected chi connectivity index (χ3v) is 10.9. The fourth-order valence-electron chi connectivity index (χ4n) is 6.05. The summed E-state index contributed by atoms with van der Waals surface area (Å²) >= 11 is 1.90. The largest absolute Gasteiger partial charge is 0.377 e. The Bertz CT molecular complexity index is 1150. The van der Waals surface area contributed by atoms with Gasteiger partial charge >= 0.3 is 6.03 Å². The van der Waals surface area contributed by atoms with Crippen LogP contribution in [-0.4, -0.2) is 253 Å². The van der Waals surface area contributed by atoms with E-state index < -0.39 is 0 Å². The van der Waals surface area contributed by atoms with E-state index in [1.54, 1.807) is 0 Å². The van der Waals surface area contributed by atoms with Crippen LogP contribution in [0, 0.1) is 12.3 Å². The summed E-state index contributed by atoms with van der Waals surface area (Å²) in [4.78, 5) is 23.6. The molecule has 0 unspecified atom stereocenters. The Morgan fingerprint density at radius 3 is 1.12 bits per heavy atom. The number of unbranched alkanes of at least 4 members (excludes halogenated alkanes) is 1. The summed E-state index contributed by atoms with van der Waals surface area (Å²) in [7, 11) is 0. The normalized spacial score (nSPS) is 16.6. The van der Waals surface area contributed by atoms with Gasteiger partial charge in [0, 0.05) is 24.0 Å². The number of hydrogen-bond acceptors (Lipinski definition) is 19. The van der Waals surface area contributed by atoms with Crippen LogP contribution in [0.3, 0.4) is 0 Å². The van der Waals surface area contributed by atoms with Crippen LogP contribution >= 0.6 is 11.8 Å². The van der Waals surface area contributed by atoms with E-state index in [1.165, 1.54) is 0 Å². The van der Waals surface area contributed by atoms with Gasteiger partial charge in [-0.1, -0.05) is 12.3 Å². The van der Waals surface area contributed by atoms with Gasteiger partial charge in [0.2, 0.25) is 5.91 Å². The van der Waals surface area contributed by atoms with E-state index in [0.717, 1.165) is 25.0 Å². The minimum atomic E-state index is -0.0633. The van der Waals surface area contributed by atoms with Crippen LogP contribution in [0.25, 0.3) is 0 Å². The van der Waals surface area contributed by atoms with Crippen LogP contribution in [0.1, 0.15) is 25.7 Å². The van der Waals surface area contributed by atoms with E-state index in [4.69, 9.17) is 82.2 Å². The number of fused-ring (bicyclic) bond motifs is 1. The minimum Gasteiger partial charge on any atom is -0.377 e. The van der Waals surface area contributed by atoms with E-state index in [-0.39, 0.29) is 24.0 Å². The van der Waals surface area contributed by atoms with Crippen LogP contribution in [0.5, 0.6) is 0 Å². The van der Waals surface area contributed by atoms with E-state index in [0.29, 0.717) is 230 Å². The highest BCUT2D eigenvalue weighted by Gasteiger charge is 2.42. The predicted molar refractivity (Wildman–Crippen MR) is 249 cm³/mol. The third kappa shape index (κ3) is 40.4. The van der Waals surface area contributed by atoms with Crippen LogP contribution in [0.15, 0.2) is 0 Å². The van der Waals surface area contributed by atoms with Crippen LogP contribution < -0.4 is 16.0 Å². The van der Waals surface area contributed by atoms with Gasteiger partial charge in [-0.25, -0.2) is 4.79 Å². The fraction of sp³-hybridized carbons (Fsp3) is 0.911. The van der Waals surface area contributed by atoms with Gasteiger partial charge in [-0.2, -0.15) is 11.8 Å². The first kappa shape index (κ1) is 61.1. The fourth-order valence-corrected chi connectivity index (χ4v) is 7.60. The Morgan fingerprint density at radius 2 is 0.791 bits per heavy atom. The van der Waals surface area contributed by atoms with Gasteiger partial charge in [0.15, 0.2) is 0 Å². The van der Waals surface area contributed by atoms with E-state index in [9.17, 15) is 9.59 Å². The second-order valence-electron chi connectivity index (χ2n) is 14.7. The van der Waals surface area contributed by atoms with E-state index >= 15 is 0 Å². The first-order valence-corrected chi connectivity index (χ1v) is 24.9. The number of terminal acetylenes is 1. The SMILES string of the molecule is C#CCOCCOCCOCCOCCOCCOCCOCCOCCOCCOCCOCCOCCOCCOCCOCCOCCNC(=O)CCCC[C@@H]1SC[C@@H]2NC(=O)N[C@@H]21. The van der Waals surface area contributed by atoms with Crippen molar-refractivity contribution in [1.82, 2.24) is 16.0 Å². The van der Waals surface area contributed by atoms with Crippen LogP contribution in [0.4, 0.5) is 4.79 Å². The molecule has 0 bridgehead atoms. The number of ether oxygens (including phenoxy) is 16. The lowest BCUT2D eigenvalue weighted by atomic mass is 10.0. The second kappa shape index (κ2) is 49.0. The van der Waals surface area contributed by atoms with E-state index in [1.807, 2.05) is 11.8 Å². The number of carbonyl (C=O) groups excluding carboxylic acids is 2. The Balaban J connectivity index is 1.11. The van der Waals surface area contributed by atoms with Crippen molar-refractivity contribution in [3.63, 3.8) is 0 Å². The van der Waals surface area contributed by atoms with Gasteiger partial charge in [0.25, 0.3) is 0 Å². The molecule has 2 saturated heterocycles. The highest BCUT2D eigenvalue weighted by Crippen LogP contribution is 2.33. The Labute approximate surface area is 403 Å². The zero-order valence-corrected chi connectivity index (χ0v) is 40.8. The van der Waals surface area contributed by atoms with Crippen molar-refractivity contribution in [2.75, 3.05) is 224 Å². The minimum absolute atomic E-state index is 0.0396. The Kier molecular flexibility index (Phi) is 44.7. The molecule has 21 nitrogen and oxygen atoms in total. The lowest BCUT2D eigenvalue weighted by Gasteiger charge is -2.16. The lowest BCUT2D eigenvalue weighted by Crippen LogP contribution is -2.36. The second-order valence-corrected chi connectivity index (χ2v) is 15.9. The molecule has 0 saturated carbocycles. The molecule has 3 amide bonds. The standard InChI is InChI=1S/C45H83N3O18S/c1-2-8-51-10-12-53-14-16-55-18-20-57-22-24-59-26-28-61-30-32-63-34-36-65-38-39-66-37-35-64-33-31-62-29-27-60-25-23-58-21-19-56-17-15-54-13-11-52-9-7-46-43(49)6-4-3-5-42-44-41(40-67-42)47-45(50)48-44/h1,41-42,44H,3-40H2,(H,46,49)(H2,47,48,50)/t41-,42-,44-/m0/s1. The highest BCUT2D eigenvalue weighted by atomic mass is 32.2. The Morgan fingerprint density at radius 1 is 0.478 bits per heavy atom. The molecule has 2 rings (SSSR count). The molecule has 22 heteroatoms. The maximum absolute atomic E-state index is 12.1. The number of thioether (sulfide) groups is 1. The molecule has 3 N–H and O–H groups in total. The summed E-state index contributed by atoms with van der Waals surface area (Å²) in [5, 5.41) is 9.29. The quantitative estimate of drug-likeness (QED) is 0.0435. The average Bonchev–Trinajstić information content (AvgIpc) is 3.89. The summed E-state index contributed by atoms with van der Waals surface area (Å²) in [5.41, 5.74) is 0. The van der Waals surface area contributed by atoms with Gasteiger partial charge in [0.05, 0.1) is 217 Å². The molecule has 3 atom stereocenters. The maximum atomic E-state index is 12.1. The summed E-state index contributed by atoms with van der Waals surface area (Å²) in [6.07, 6.45) is 8.41. The number of carbonyl (C=O) groups is 2. The highest BCUT2D eigenvalue weighted by molar-refractivity contribution is 8.00. The van der Waals surface area contributed by atoms with Crippen LogP contribution in [0.2, 0.25) is 0 Å². The maximum Gasteiger partial charge on any atom is 0.315 e. The van der Waals surface area contributed by atoms with Gasteiger partial charge < -0.3 is 91.7 Å². The van der Waals surface area contributed by atoms with Crippen LogP contribution in [-0.2, 0) is 80.6 Å². The summed E-state index contributed by atoms with van der Waals surface area (Å²) in [6, 6.07) is 0.395. The molecule has 0 aromatic rings. The molecule has 392 valence electrons. The summed E-state index contributed by atoms with van der Waals surface area (Å²) in [6.45, 7) is 15.8. The molecular weight excluding hydrogens is 903 g/mol. The molecular formula is C45H83N3O18S. The van der Waals surface area contributed by atoms with Crippen molar-refractivity contribution in [2.45, 2.75) is 43.0 Å². The van der Waals surface area contributed by atoms with Gasteiger partial charge in [-0.05, 0) is 12.8 Å². The first-order valence-electron chi connectivity index (χ1n) is 23.8. The number of rotatable bonds is 54. The molecule has 0 aromatic carbocycles. The summed E-state index contributed by atoms with van der Waals surface area (Å²) in [5.74, 6) is 3.39. The van der Waals surface area contributed by atoms with Crippen molar-refractivity contribution < 1.29 is 85.4 Å². The Hall–Kier alpha value is -1.99. The molecule has 0 aliphatic carbocycles. The third-order valence-electron chi connectivity index (χ3n) is 9.41. The molecule has 67 heavy (non-hydrogen) atoms. The molecule has 0 spiro atoms. The lowest BCUT2D eigenvalue weighted by molar-refractivity contribution is -0.121. The van der Waals surface area contributed by atoms with Crippen molar-refractivity contribution in [3.8, 4) is 12.3 Å². The smallest absolute Gasteiger partial charge is 0.315 e. The topological polar surface area (TPSA) is 218 Å². The van der Waals surface area contributed by atoms with Gasteiger partial charge in [0.1, 0.15) is 6.61 Å². The average molecular weight is 986 g/mol. The molecule has 2 aliphatic rings. The van der Waals surface area contributed by atoms with Gasteiger partial charge in [-0.3, -0.25) is 4.79 Å². The molecule has 2 aliphatic heterocycles. The van der Waals surface area contributed by atoms with E-state index in [2.05, 4.69) is 21.9 Å². The van der Waals surface area contributed by atoms with Crippen molar-refractivity contribution in [1.29, 1.82) is 0 Å². The number of amides is 3. The van der Waals surface area contributed by atoms with Gasteiger partial charge in [-0.15, -0.1) is 6.42 Å². The zero-order valence-electron chi connectivity index (χ0n) is 39.9. The molecule has 0 radical (unpaired) electrons. The number of hydrogen-bond donors (Lipinski definition) is 3. The van der Waals surface area contributed by atoms with Crippen molar-refractivity contribution in [2.24, 2.45) is 0 Å². The zero-order chi connectivity index (χ0) is 47.6. The molecule has 2 heterocycles. The monoisotopic (exact) mass is 986 g/mol. The molecule has 2 fully saturated rings. The van der Waals surface area contributed by atoms with Crippen molar-refractivity contribution in [3.05, 3.63) is 0 Å².